The van der Waals surface area contributed by atoms with Gasteiger partial charge >= 0.3 is 59.1 Å². The van der Waals surface area contributed by atoms with Crippen LogP contribution in [0.5, 0.6) is 0 Å². The fourth-order valence-corrected chi connectivity index (χ4v) is 2.36. The Hall–Kier alpha value is 0.0714. The number of hydrogen-bond donors (Lipinski definition) is 2. The Bertz CT molecular complexity index is 632. The quantitative estimate of drug-likeness (QED) is 0.0877. The molecule has 0 unspecified atom stereocenters. The van der Waals surface area contributed by atoms with E-state index in [-0.39, 0.29) is 48.9 Å². The van der Waals surface area contributed by atoms with E-state index in [9.17, 15) is 32.5 Å². The molecule has 132 valence electrons. The second kappa shape index (κ2) is 9.14. The minimum atomic E-state index is -5.33. The van der Waals surface area contributed by atoms with Gasteiger partial charge in [-0.3, -0.25) is 20.1 Å². The van der Waals surface area contributed by atoms with Crippen LogP contribution in [0.3, 0.4) is 0 Å². The number of nitro benzene ring substituents is 1. The molecule has 0 aromatic heterocycles. The van der Waals surface area contributed by atoms with Crippen LogP contribution in [0.2, 0.25) is 0 Å². The van der Waals surface area contributed by atoms with Crippen molar-refractivity contribution < 1.29 is 32.5 Å². The predicted octanol–water partition coefficient (Wildman–Crippen LogP) is 2.83. The van der Waals surface area contributed by atoms with Gasteiger partial charge in [-0.15, -0.1) is 13.2 Å². The van der Waals surface area contributed by atoms with Crippen molar-refractivity contribution in [2.45, 2.75) is 10.2 Å². The molecular formula is C9H7BaCl2F4N3O4S. The third-order valence-electron chi connectivity index (χ3n) is 2.18. The minimum absolute atomic E-state index is 0. The third-order valence-corrected chi connectivity index (χ3v) is 3.39. The van der Waals surface area contributed by atoms with Crippen molar-refractivity contribution in [1.82, 2.24) is 5.48 Å². The molecule has 1 aromatic carbocycles. The number of benzene rings is 1. The number of nitro groups is 1. The zero-order chi connectivity index (χ0) is 18.0. The second-order valence-electron chi connectivity index (χ2n) is 3.70. The van der Waals surface area contributed by atoms with Crippen molar-refractivity contribution in [2.24, 2.45) is 0 Å². The maximum absolute atomic E-state index is 13.2. The zero-order valence-electron chi connectivity index (χ0n) is 10.5. The van der Waals surface area contributed by atoms with Crippen molar-refractivity contribution in [3.8, 4) is 0 Å². The van der Waals surface area contributed by atoms with Gasteiger partial charge in [-0.25, -0.2) is 9.79 Å². The van der Waals surface area contributed by atoms with Crippen LogP contribution in [0.4, 0.5) is 28.9 Å². The van der Waals surface area contributed by atoms with E-state index in [4.69, 9.17) is 28.4 Å². The van der Waals surface area contributed by atoms with Crippen LogP contribution in [0.25, 0.3) is 0 Å². The van der Waals surface area contributed by atoms with Crippen LogP contribution in [-0.2, 0) is 0 Å². The van der Waals surface area contributed by atoms with E-state index in [0.29, 0.717) is 12.1 Å². The van der Waals surface area contributed by atoms with Gasteiger partial charge in [-0.1, -0.05) is 23.2 Å². The van der Waals surface area contributed by atoms with Crippen molar-refractivity contribution in [3.63, 3.8) is 0 Å². The summed E-state index contributed by atoms with van der Waals surface area (Å²) < 4.78 is 48.0. The molecule has 1 aromatic rings. The first kappa shape index (κ1) is 24.1. The Balaban J connectivity index is 0.00000529. The summed E-state index contributed by atoms with van der Waals surface area (Å²) in [6.45, 7) is 0. The van der Waals surface area contributed by atoms with Crippen molar-refractivity contribution in [2.75, 3.05) is 4.31 Å². The Labute approximate surface area is 186 Å². The molecule has 0 fully saturated rings. The average Bonchev–Trinajstić information content (AvgIpc) is 2.41. The number of carbonyl (C=O) groups is 1. The SMILES string of the molecule is O=C(NO)c1ccc([N+](=O)[O-])c(N(SC(F)(Cl)Cl)C(F)(F)F)c1.[BaH2]. The summed E-state index contributed by atoms with van der Waals surface area (Å²) in [5.74, 6) is -1.24. The Kier molecular flexibility index (Phi) is 9.16. The number of hydrogen-bond acceptors (Lipinski definition) is 6. The van der Waals surface area contributed by atoms with Gasteiger partial charge in [-0.2, -0.15) is 4.39 Å². The molecule has 0 aliphatic heterocycles. The Morgan fingerprint density at radius 1 is 1.33 bits per heavy atom. The Morgan fingerprint density at radius 3 is 2.25 bits per heavy atom. The molecule has 24 heavy (non-hydrogen) atoms. The number of anilines is 1. The van der Waals surface area contributed by atoms with E-state index in [1.54, 1.807) is 0 Å². The van der Waals surface area contributed by atoms with Crippen molar-refractivity contribution >= 4 is 101 Å². The molecule has 0 aliphatic rings. The van der Waals surface area contributed by atoms with Crippen LogP contribution in [-0.4, -0.2) is 75.1 Å². The summed E-state index contributed by atoms with van der Waals surface area (Å²) >= 11 is 8.95. The molecule has 7 nitrogen and oxygen atoms in total. The Morgan fingerprint density at radius 2 is 1.88 bits per heavy atom. The normalized spacial score (nSPS) is 11.5. The van der Waals surface area contributed by atoms with Crippen LogP contribution in [0, 0.1) is 10.1 Å². The number of rotatable bonds is 5. The molecular weight excluding hydrogens is 530 g/mol. The fourth-order valence-electron chi connectivity index (χ4n) is 1.39. The van der Waals surface area contributed by atoms with Crippen LogP contribution in [0.15, 0.2) is 18.2 Å². The van der Waals surface area contributed by atoms with Gasteiger partial charge in [0.2, 0.25) is 0 Å². The molecule has 0 aliphatic carbocycles. The van der Waals surface area contributed by atoms with Gasteiger partial charge < -0.3 is 0 Å². The van der Waals surface area contributed by atoms with E-state index >= 15 is 0 Å². The number of nitrogens with one attached hydrogen (secondary N) is 1. The molecule has 1 rings (SSSR count). The van der Waals surface area contributed by atoms with Gasteiger partial charge in [0.25, 0.3) is 11.6 Å². The van der Waals surface area contributed by atoms with Crippen molar-refractivity contribution in [1.29, 1.82) is 0 Å². The molecule has 0 bridgehead atoms. The van der Waals surface area contributed by atoms with Crippen LogP contribution in [0.1, 0.15) is 10.4 Å². The van der Waals surface area contributed by atoms with Crippen LogP contribution >= 0.6 is 35.1 Å². The molecule has 15 heteroatoms. The number of hydroxylamine groups is 1. The standard InChI is InChI=1S/C9H5Cl2F4N3O4S.Ba.2H/c10-8(11,12)23-17(9(13,14)15)6-3-4(7(19)16-20)1-2-5(6)18(21)22;;;/h1-3,20H,(H,16,19);;;. The summed E-state index contributed by atoms with van der Waals surface area (Å²) in [4.78, 5) is 20.9. The number of alkyl halides is 6. The first-order valence-corrected chi connectivity index (χ1v) is 6.75. The van der Waals surface area contributed by atoms with E-state index in [0.717, 1.165) is 11.5 Å². The summed E-state index contributed by atoms with van der Waals surface area (Å²) in [6.07, 6.45) is -5.33. The molecule has 2 N–H and O–H groups in total. The first-order chi connectivity index (χ1) is 10.4. The molecule has 0 radical (unpaired) electrons. The molecule has 0 atom stereocenters. The number of amides is 1. The number of nitrogens with zero attached hydrogens (tertiary/aromatic N) is 2. The topological polar surface area (TPSA) is 95.7 Å². The monoisotopic (exact) mass is 537 g/mol. The predicted molar refractivity (Wildman–Crippen MR) is 82.6 cm³/mol. The van der Waals surface area contributed by atoms with E-state index < -0.39 is 54.2 Å². The summed E-state index contributed by atoms with van der Waals surface area (Å²) in [5, 5.41) is 19.3. The van der Waals surface area contributed by atoms with Gasteiger partial charge in [0.05, 0.1) is 4.92 Å². The first-order valence-electron chi connectivity index (χ1n) is 5.22. The molecule has 1 amide bonds. The molecule has 0 saturated heterocycles. The van der Waals surface area contributed by atoms with Gasteiger partial charge in [-0.05, 0) is 12.1 Å². The summed E-state index contributed by atoms with van der Waals surface area (Å²) in [7, 11) is 0. The van der Waals surface area contributed by atoms with E-state index in [1.165, 1.54) is 0 Å². The van der Waals surface area contributed by atoms with Crippen molar-refractivity contribution in [3.05, 3.63) is 33.9 Å². The second-order valence-corrected chi connectivity index (χ2v) is 6.49. The third kappa shape index (κ3) is 6.76. The average molecular weight is 537 g/mol. The maximum atomic E-state index is 13.2. The molecule has 0 saturated carbocycles. The molecule has 0 heterocycles. The van der Waals surface area contributed by atoms with Gasteiger partial charge in [0, 0.05) is 23.6 Å². The summed E-state index contributed by atoms with van der Waals surface area (Å²) in [6, 6.07) is 1.78. The van der Waals surface area contributed by atoms with E-state index in [2.05, 4.69) is 0 Å². The number of carbonyl (C=O) groups excluding carboxylic acids is 1. The fraction of sp³-hybridized carbons (Fsp3) is 0.222. The van der Waals surface area contributed by atoms with Gasteiger partial charge in [0.1, 0.15) is 5.69 Å². The molecule has 0 spiro atoms. The van der Waals surface area contributed by atoms with E-state index in [1.807, 2.05) is 0 Å². The number of halogens is 6. The zero-order valence-corrected chi connectivity index (χ0v) is 12.8. The summed E-state index contributed by atoms with van der Waals surface area (Å²) in [5.41, 5.74) is -1.72. The van der Waals surface area contributed by atoms with Gasteiger partial charge in [0.15, 0.2) is 0 Å². The van der Waals surface area contributed by atoms with Crippen LogP contribution < -0.4 is 9.79 Å².